The Morgan fingerprint density at radius 2 is 1.88 bits per heavy atom. The Bertz CT molecular complexity index is 527. The van der Waals surface area contributed by atoms with Crippen LogP contribution in [0.25, 0.3) is 0 Å². The van der Waals surface area contributed by atoms with Gasteiger partial charge in [0.1, 0.15) is 0 Å². The predicted molar refractivity (Wildman–Crippen MR) is 94.8 cm³/mol. The third-order valence-corrected chi connectivity index (χ3v) is 5.16. The third-order valence-electron chi connectivity index (χ3n) is 5.16. The van der Waals surface area contributed by atoms with Crippen LogP contribution < -0.4 is 4.90 Å². The molecule has 3 rings (SSSR count). The number of nitrogens with zero attached hydrogens (tertiary/aromatic N) is 5. The molecule has 0 aromatic carbocycles. The summed E-state index contributed by atoms with van der Waals surface area (Å²) in [6.07, 6.45) is 7.81. The molecule has 24 heavy (non-hydrogen) atoms. The summed E-state index contributed by atoms with van der Waals surface area (Å²) < 4.78 is 0. The van der Waals surface area contributed by atoms with E-state index in [1.165, 1.54) is 0 Å². The van der Waals surface area contributed by atoms with Crippen LogP contribution in [0, 0.1) is 11.8 Å². The van der Waals surface area contributed by atoms with Crippen LogP contribution in [-0.4, -0.2) is 72.5 Å². The van der Waals surface area contributed by atoms with E-state index in [0.717, 1.165) is 70.3 Å². The van der Waals surface area contributed by atoms with Gasteiger partial charge in [0.15, 0.2) is 0 Å². The van der Waals surface area contributed by atoms with Crippen molar-refractivity contribution in [2.45, 2.75) is 25.7 Å². The Morgan fingerprint density at radius 1 is 1.17 bits per heavy atom. The minimum absolute atomic E-state index is 0.0907. The zero-order valence-corrected chi connectivity index (χ0v) is 14.9. The van der Waals surface area contributed by atoms with Crippen LogP contribution in [0.15, 0.2) is 18.5 Å². The van der Waals surface area contributed by atoms with Gasteiger partial charge in [-0.25, -0.2) is 9.97 Å². The monoisotopic (exact) mass is 331 g/mol. The number of piperidine rings is 2. The summed E-state index contributed by atoms with van der Waals surface area (Å²) in [6, 6.07) is 1.83. The molecular weight excluding hydrogens is 302 g/mol. The largest absolute Gasteiger partial charge is 0.342 e. The fourth-order valence-electron chi connectivity index (χ4n) is 3.93. The Morgan fingerprint density at radius 3 is 2.54 bits per heavy atom. The number of hydrogen-bond acceptors (Lipinski definition) is 5. The van der Waals surface area contributed by atoms with Crippen LogP contribution in [0.4, 0.5) is 5.95 Å². The molecule has 0 spiro atoms. The van der Waals surface area contributed by atoms with E-state index in [4.69, 9.17) is 0 Å². The standard InChI is InChI=1S/C18H29N5O/c1-21(2)13-15-6-11-22(12-7-15)17(24)16-5-3-10-23(14-16)18-19-8-4-9-20-18/h4,8-9,15-16H,3,5-7,10-14H2,1-2H3/t16-/m1/s1. The molecule has 2 aliphatic heterocycles. The summed E-state index contributed by atoms with van der Waals surface area (Å²) >= 11 is 0. The lowest BCUT2D eigenvalue weighted by atomic mass is 9.92. The number of anilines is 1. The fraction of sp³-hybridized carbons (Fsp3) is 0.722. The zero-order chi connectivity index (χ0) is 16.9. The van der Waals surface area contributed by atoms with Gasteiger partial charge in [0.25, 0.3) is 0 Å². The second kappa shape index (κ2) is 7.92. The van der Waals surface area contributed by atoms with Gasteiger partial charge in [0, 0.05) is 45.1 Å². The zero-order valence-electron chi connectivity index (χ0n) is 14.9. The van der Waals surface area contributed by atoms with Gasteiger partial charge in [-0.15, -0.1) is 0 Å². The second-order valence-electron chi connectivity index (χ2n) is 7.36. The quantitative estimate of drug-likeness (QED) is 0.837. The van der Waals surface area contributed by atoms with Crippen molar-refractivity contribution in [3.63, 3.8) is 0 Å². The van der Waals surface area contributed by atoms with Gasteiger partial charge in [-0.05, 0) is 51.8 Å². The summed E-state index contributed by atoms with van der Waals surface area (Å²) in [5.74, 6) is 1.90. The first-order chi connectivity index (χ1) is 11.6. The Balaban J connectivity index is 1.54. The van der Waals surface area contributed by atoms with Gasteiger partial charge in [0.05, 0.1) is 5.92 Å². The van der Waals surface area contributed by atoms with Crippen LogP contribution in [0.2, 0.25) is 0 Å². The topological polar surface area (TPSA) is 52.6 Å². The van der Waals surface area contributed by atoms with E-state index in [1.54, 1.807) is 12.4 Å². The van der Waals surface area contributed by atoms with Gasteiger partial charge in [-0.3, -0.25) is 4.79 Å². The molecule has 1 aromatic rings. The average Bonchev–Trinajstić information content (AvgIpc) is 2.62. The third kappa shape index (κ3) is 4.23. The number of carbonyl (C=O) groups excluding carboxylic acids is 1. The fourth-order valence-corrected chi connectivity index (χ4v) is 3.93. The van der Waals surface area contributed by atoms with Crippen molar-refractivity contribution in [1.82, 2.24) is 19.8 Å². The Labute approximate surface area is 144 Å². The van der Waals surface area contributed by atoms with Gasteiger partial charge in [-0.2, -0.15) is 0 Å². The second-order valence-corrected chi connectivity index (χ2v) is 7.36. The van der Waals surface area contributed by atoms with Crippen LogP contribution >= 0.6 is 0 Å². The lowest BCUT2D eigenvalue weighted by molar-refractivity contribution is -0.137. The van der Waals surface area contributed by atoms with E-state index >= 15 is 0 Å². The number of rotatable bonds is 4. The molecule has 0 unspecified atom stereocenters. The average molecular weight is 331 g/mol. The maximum atomic E-state index is 12.9. The molecule has 2 fully saturated rings. The Kier molecular flexibility index (Phi) is 5.66. The molecule has 132 valence electrons. The molecule has 1 atom stereocenters. The van der Waals surface area contributed by atoms with Crippen molar-refractivity contribution in [1.29, 1.82) is 0 Å². The summed E-state index contributed by atoms with van der Waals surface area (Å²) in [5, 5.41) is 0. The number of carbonyl (C=O) groups is 1. The first-order valence-electron chi connectivity index (χ1n) is 9.09. The number of aromatic nitrogens is 2. The minimum atomic E-state index is 0.0907. The molecule has 0 N–H and O–H groups in total. The molecule has 0 saturated carbocycles. The lowest BCUT2D eigenvalue weighted by Gasteiger charge is -2.38. The summed E-state index contributed by atoms with van der Waals surface area (Å²) in [6.45, 7) is 4.65. The van der Waals surface area contributed by atoms with E-state index in [9.17, 15) is 4.79 Å². The molecule has 1 amide bonds. The highest BCUT2D eigenvalue weighted by atomic mass is 16.2. The number of hydrogen-bond donors (Lipinski definition) is 0. The Hall–Kier alpha value is -1.69. The molecule has 1 aromatic heterocycles. The van der Waals surface area contributed by atoms with Crippen molar-refractivity contribution < 1.29 is 4.79 Å². The van der Waals surface area contributed by atoms with E-state index in [1.807, 2.05) is 6.07 Å². The smallest absolute Gasteiger partial charge is 0.227 e. The van der Waals surface area contributed by atoms with Gasteiger partial charge < -0.3 is 14.7 Å². The molecule has 3 heterocycles. The molecule has 0 bridgehead atoms. The van der Waals surface area contributed by atoms with Crippen LogP contribution in [-0.2, 0) is 4.79 Å². The van der Waals surface area contributed by atoms with Crippen LogP contribution in [0.5, 0.6) is 0 Å². The molecular formula is C18H29N5O. The van der Waals surface area contributed by atoms with Gasteiger partial charge in [0.2, 0.25) is 11.9 Å². The van der Waals surface area contributed by atoms with Crippen molar-refractivity contribution in [3.05, 3.63) is 18.5 Å². The van der Waals surface area contributed by atoms with Crippen molar-refractivity contribution in [3.8, 4) is 0 Å². The highest BCUT2D eigenvalue weighted by molar-refractivity contribution is 5.79. The van der Waals surface area contributed by atoms with Gasteiger partial charge >= 0.3 is 0 Å². The molecule has 0 radical (unpaired) electrons. The number of likely N-dealkylation sites (tertiary alicyclic amines) is 1. The lowest BCUT2D eigenvalue weighted by Crippen LogP contribution is -2.48. The highest BCUT2D eigenvalue weighted by Crippen LogP contribution is 2.25. The van der Waals surface area contributed by atoms with Crippen molar-refractivity contribution in [2.75, 3.05) is 51.7 Å². The van der Waals surface area contributed by atoms with E-state index in [0.29, 0.717) is 5.91 Å². The maximum Gasteiger partial charge on any atom is 0.227 e. The maximum absolute atomic E-state index is 12.9. The van der Waals surface area contributed by atoms with Crippen molar-refractivity contribution in [2.24, 2.45) is 11.8 Å². The normalized spacial score (nSPS) is 22.9. The van der Waals surface area contributed by atoms with E-state index in [2.05, 4.69) is 38.8 Å². The summed E-state index contributed by atoms with van der Waals surface area (Å²) in [7, 11) is 4.25. The molecule has 0 aliphatic carbocycles. The van der Waals surface area contributed by atoms with Crippen LogP contribution in [0.3, 0.4) is 0 Å². The summed E-state index contributed by atoms with van der Waals surface area (Å²) in [5.41, 5.74) is 0. The van der Waals surface area contributed by atoms with Crippen LogP contribution in [0.1, 0.15) is 25.7 Å². The summed E-state index contributed by atoms with van der Waals surface area (Å²) in [4.78, 5) is 28.1. The first kappa shape index (κ1) is 17.1. The SMILES string of the molecule is CN(C)CC1CCN(C(=O)[C@@H]2CCCN(c3ncccn3)C2)CC1. The molecule has 2 saturated heterocycles. The minimum Gasteiger partial charge on any atom is -0.342 e. The van der Waals surface area contributed by atoms with E-state index < -0.39 is 0 Å². The highest BCUT2D eigenvalue weighted by Gasteiger charge is 2.32. The molecule has 6 nitrogen and oxygen atoms in total. The van der Waals surface area contributed by atoms with E-state index in [-0.39, 0.29) is 5.92 Å². The predicted octanol–water partition coefficient (Wildman–Crippen LogP) is 1.49. The number of amides is 1. The molecule has 6 heteroatoms. The van der Waals surface area contributed by atoms with Gasteiger partial charge in [-0.1, -0.05) is 0 Å². The molecule has 2 aliphatic rings. The first-order valence-corrected chi connectivity index (χ1v) is 9.09. The van der Waals surface area contributed by atoms with Crippen molar-refractivity contribution >= 4 is 11.9 Å².